The lowest BCUT2D eigenvalue weighted by atomic mass is 9.83. The quantitative estimate of drug-likeness (QED) is 0.864. The normalized spacial score (nSPS) is 30.5. The van der Waals surface area contributed by atoms with E-state index in [1.165, 1.54) is 51.7 Å². The van der Waals surface area contributed by atoms with Crippen LogP contribution in [0.2, 0.25) is 0 Å². The van der Waals surface area contributed by atoms with E-state index in [0.717, 1.165) is 37.9 Å². The maximum atomic E-state index is 12.1. The van der Waals surface area contributed by atoms with Gasteiger partial charge in [-0.25, -0.2) is 0 Å². The van der Waals surface area contributed by atoms with Gasteiger partial charge in [-0.3, -0.25) is 4.79 Å². The number of carbonyl (C=O) groups is 1. The molecule has 23 heavy (non-hydrogen) atoms. The molecular weight excluding hydrogens is 286 g/mol. The second-order valence-electron chi connectivity index (χ2n) is 8.16. The van der Waals surface area contributed by atoms with Crippen LogP contribution in [-0.2, 0) is 4.79 Å². The molecule has 4 heteroatoms. The van der Waals surface area contributed by atoms with Gasteiger partial charge in [-0.2, -0.15) is 0 Å². The number of piperidine rings is 3. The molecule has 1 N–H and O–H groups in total. The minimum absolute atomic E-state index is 0.138. The van der Waals surface area contributed by atoms with Crippen molar-refractivity contribution < 1.29 is 4.79 Å². The Bertz CT molecular complexity index is 388. The lowest BCUT2D eigenvalue weighted by molar-refractivity contribution is -0.135. The van der Waals surface area contributed by atoms with Crippen molar-refractivity contribution in [2.75, 3.05) is 32.7 Å². The largest absolute Gasteiger partial charge is 0.342 e. The molecule has 0 aliphatic carbocycles. The molecule has 0 aromatic rings. The molecule has 0 saturated carbocycles. The van der Waals surface area contributed by atoms with Crippen LogP contribution >= 0.6 is 0 Å². The van der Waals surface area contributed by atoms with Gasteiger partial charge in [-0.15, -0.1) is 0 Å². The molecule has 4 nitrogen and oxygen atoms in total. The van der Waals surface area contributed by atoms with Crippen molar-refractivity contribution in [3.63, 3.8) is 0 Å². The van der Waals surface area contributed by atoms with E-state index in [-0.39, 0.29) is 5.92 Å². The van der Waals surface area contributed by atoms with Crippen LogP contribution < -0.4 is 5.32 Å². The Morgan fingerprint density at radius 3 is 2.48 bits per heavy atom. The van der Waals surface area contributed by atoms with E-state index in [9.17, 15) is 4.79 Å². The number of hydrogen-bond acceptors (Lipinski definition) is 3. The molecule has 0 unspecified atom stereocenters. The average molecular weight is 322 g/mol. The van der Waals surface area contributed by atoms with Gasteiger partial charge in [0.2, 0.25) is 5.91 Å². The third-order valence-electron chi connectivity index (χ3n) is 6.20. The molecule has 2 atom stereocenters. The van der Waals surface area contributed by atoms with E-state index in [0.29, 0.717) is 11.9 Å². The number of fused-ring (bicyclic) bond motifs is 1. The first kappa shape index (κ1) is 17.2. The Labute approximate surface area is 142 Å². The SMILES string of the molecule is CC(C)C(=O)N1CCC(NC[C@@H]2CCCN3CCCC[C@H]23)CC1. The van der Waals surface area contributed by atoms with Crippen LogP contribution in [0, 0.1) is 11.8 Å². The van der Waals surface area contributed by atoms with Crippen LogP contribution in [0.3, 0.4) is 0 Å². The van der Waals surface area contributed by atoms with Crippen LogP contribution in [0.1, 0.15) is 58.8 Å². The number of carbonyl (C=O) groups excluding carboxylic acids is 1. The third kappa shape index (κ3) is 4.27. The van der Waals surface area contributed by atoms with Crippen LogP contribution in [0.5, 0.6) is 0 Å². The molecule has 3 aliphatic rings. The maximum absolute atomic E-state index is 12.1. The highest BCUT2D eigenvalue weighted by Crippen LogP contribution is 2.30. The molecule has 0 aromatic carbocycles. The molecule has 0 radical (unpaired) electrons. The highest BCUT2D eigenvalue weighted by molar-refractivity contribution is 5.78. The Morgan fingerprint density at radius 1 is 1.00 bits per heavy atom. The first-order valence-corrected chi connectivity index (χ1v) is 9.91. The first-order valence-electron chi connectivity index (χ1n) is 9.91. The van der Waals surface area contributed by atoms with Crippen LogP contribution in [0.4, 0.5) is 0 Å². The lowest BCUT2D eigenvalue weighted by Crippen LogP contribution is -2.52. The molecule has 0 spiro atoms. The minimum atomic E-state index is 0.138. The number of nitrogens with one attached hydrogen (secondary N) is 1. The molecule has 3 saturated heterocycles. The molecule has 0 aromatic heterocycles. The summed E-state index contributed by atoms with van der Waals surface area (Å²) < 4.78 is 0. The van der Waals surface area contributed by atoms with Gasteiger partial charge in [0, 0.05) is 31.1 Å². The van der Waals surface area contributed by atoms with Gasteiger partial charge in [-0.1, -0.05) is 20.3 Å². The van der Waals surface area contributed by atoms with Crippen LogP contribution in [0.15, 0.2) is 0 Å². The van der Waals surface area contributed by atoms with E-state index in [1.54, 1.807) is 0 Å². The molecule has 3 aliphatic heterocycles. The van der Waals surface area contributed by atoms with Crippen molar-refractivity contribution in [2.45, 2.75) is 70.9 Å². The van der Waals surface area contributed by atoms with Crippen molar-refractivity contribution >= 4 is 5.91 Å². The summed E-state index contributed by atoms with van der Waals surface area (Å²) in [5.41, 5.74) is 0. The van der Waals surface area contributed by atoms with E-state index in [4.69, 9.17) is 0 Å². The van der Waals surface area contributed by atoms with Crippen molar-refractivity contribution in [3.8, 4) is 0 Å². The van der Waals surface area contributed by atoms with Gasteiger partial charge >= 0.3 is 0 Å². The van der Waals surface area contributed by atoms with Gasteiger partial charge in [0.15, 0.2) is 0 Å². The van der Waals surface area contributed by atoms with Crippen LogP contribution in [0.25, 0.3) is 0 Å². The summed E-state index contributed by atoms with van der Waals surface area (Å²) in [5.74, 6) is 1.31. The molecule has 3 heterocycles. The number of likely N-dealkylation sites (tertiary alicyclic amines) is 1. The van der Waals surface area contributed by atoms with Gasteiger partial charge in [0.1, 0.15) is 0 Å². The van der Waals surface area contributed by atoms with Crippen molar-refractivity contribution in [1.82, 2.24) is 15.1 Å². The molecule has 3 rings (SSSR count). The Balaban J connectivity index is 1.42. The Morgan fingerprint density at radius 2 is 1.74 bits per heavy atom. The number of amides is 1. The predicted molar refractivity (Wildman–Crippen MR) is 94.4 cm³/mol. The standard InChI is InChI=1S/C19H35N3O/c1-15(2)19(23)22-12-8-17(9-13-22)20-14-16-6-5-11-21-10-4-3-7-18(16)21/h15-18,20H,3-14H2,1-2H3/t16-,18+/m0/s1. The fourth-order valence-corrected chi connectivity index (χ4v) is 4.80. The second-order valence-corrected chi connectivity index (χ2v) is 8.16. The molecule has 3 fully saturated rings. The van der Waals surface area contributed by atoms with Gasteiger partial charge in [0.05, 0.1) is 0 Å². The zero-order chi connectivity index (χ0) is 16.2. The predicted octanol–water partition coefficient (Wildman–Crippen LogP) is 2.49. The number of nitrogens with zero attached hydrogens (tertiary/aromatic N) is 2. The summed E-state index contributed by atoms with van der Waals surface area (Å²) in [6, 6.07) is 1.46. The van der Waals surface area contributed by atoms with Crippen molar-refractivity contribution in [2.24, 2.45) is 11.8 Å². The number of hydrogen-bond donors (Lipinski definition) is 1. The van der Waals surface area contributed by atoms with E-state index < -0.39 is 0 Å². The van der Waals surface area contributed by atoms with Crippen molar-refractivity contribution in [1.29, 1.82) is 0 Å². The molecule has 1 amide bonds. The van der Waals surface area contributed by atoms with Crippen molar-refractivity contribution in [3.05, 3.63) is 0 Å². The fourth-order valence-electron chi connectivity index (χ4n) is 4.80. The van der Waals surface area contributed by atoms with E-state index in [1.807, 2.05) is 13.8 Å². The maximum Gasteiger partial charge on any atom is 0.225 e. The van der Waals surface area contributed by atoms with Crippen LogP contribution in [-0.4, -0.2) is 60.5 Å². The van der Waals surface area contributed by atoms with E-state index >= 15 is 0 Å². The smallest absolute Gasteiger partial charge is 0.225 e. The van der Waals surface area contributed by atoms with Gasteiger partial charge in [0.25, 0.3) is 0 Å². The average Bonchev–Trinajstić information content (AvgIpc) is 2.59. The summed E-state index contributed by atoms with van der Waals surface area (Å²) in [7, 11) is 0. The zero-order valence-corrected chi connectivity index (χ0v) is 15.1. The molecular formula is C19H35N3O. The Hall–Kier alpha value is -0.610. The lowest BCUT2D eigenvalue weighted by Gasteiger charge is -2.45. The third-order valence-corrected chi connectivity index (χ3v) is 6.20. The topological polar surface area (TPSA) is 35.6 Å². The highest BCUT2D eigenvalue weighted by atomic mass is 16.2. The fraction of sp³-hybridized carbons (Fsp3) is 0.947. The summed E-state index contributed by atoms with van der Waals surface area (Å²) in [5, 5.41) is 3.85. The number of rotatable bonds is 4. The Kier molecular flexibility index (Phi) is 5.97. The van der Waals surface area contributed by atoms with Gasteiger partial charge < -0.3 is 15.1 Å². The summed E-state index contributed by atoms with van der Waals surface area (Å²) in [6.07, 6.45) is 9.27. The highest BCUT2D eigenvalue weighted by Gasteiger charge is 2.33. The summed E-state index contributed by atoms with van der Waals surface area (Å²) >= 11 is 0. The zero-order valence-electron chi connectivity index (χ0n) is 15.1. The second kappa shape index (κ2) is 7.98. The first-order chi connectivity index (χ1) is 11.1. The van der Waals surface area contributed by atoms with Gasteiger partial charge in [-0.05, 0) is 64.1 Å². The summed E-state index contributed by atoms with van der Waals surface area (Å²) in [4.78, 5) is 16.9. The monoisotopic (exact) mass is 321 g/mol. The minimum Gasteiger partial charge on any atom is -0.342 e. The van der Waals surface area contributed by atoms with E-state index in [2.05, 4.69) is 15.1 Å². The molecule has 132 valence electrons. The molecule has 0 bridgehead atoms. The summed E-state index contributed by atoms with van der Waals surface area (Å²) in [6.45, 7) is 9.73.